The summed E-state index contributed by atoms with van der Waals surface area (Å²) in [6, 6.07) is -0.149. The van der Waals surface area contributed by atoms with Gasteiger partial charge in [0.15, 0.2) is 0 Å². The van der Waals surface area contributed by atoms with E-state index in [4.69, 9.17) is 10.5 Å². The van der Waals surface area contributed by atoms with Crippen molar-refractivity contribution < 1.29 is 9.53 Å². The van der Waals surface area contributed by atoms with Crippen molar-refractivity contribution in [3.63, 3.8) is 0 Å². The van der Waals surface area contributed by atoms with Crippen molar-refractivity contribution in [2.75, 3.05) is 39.9 Å². The second-order valence-electron chi connectivity index (χ2n) is 3.39. The number of carbonyl (C=O) groups is 1. The van der Waals surface area contributed by atoms with Crippen LogP contribution in [-0.4, -0.2) is 56.7 Å². The van der Waals surface area contributed by atoms with Crippen LogP contribution in [0.25, 0.3) is 0 Å². The molecule has 0 aromatic heterocycles. The summed E-state index contributed by atoms with van der Waals surface area (Å²) in [4.78, 5) is 13.6. The SMILES string of the molecule is CCNC(=O)C(C)N(CCN)CCOC. The zero-order chi connectivity index (χ0) is 11.7. The molecule has 5 nitrogen and oxygen atoms in total. The van der Waals surface area contributed by atoms with E-state index in [-0.39, 0.29) is 11.9 Å². The first-order chi connectivity index (χ1) is 7.17. The molecule has 0 bridgehead atoms. The van der Waals surface area contributed by atoms with Crippen LogP contribution in [0.2, 0.25) is 0 Å². The van der Waals surface area contributed by atoms with E-state index in [1.165, 1.54) is 0 Å². The van der Waals surface area contributed by atoms with Crippen LogP contribution < -0.4 is 11.1 Å². The van der Waals surface area contributed by atoms with Crippen molar-refractivity contribution in [2.45, 2.75) is 19.9 Å². The van der Waals surface area contributed by atoms with Gasteiger partial charge in [0, 0.05) is 33.3 Å². The van der Waals surface area contributed by atoms with Crippen molar-refractivity contribution in [3.8, 4) is 0 Å². The number of nitrogens with two attached hydrogens (primary N) is 1. The molecular formula is C10H23N3O2. The number of ether oxygens (including phenoxy) is 1. The predicted octanol–water partition coefficient (Wildman–Crippen LogP) is -0.582. The summed E-state index contributed by atoms with van der Waals surface area (Å²) in [5.74, 6) is 0.0436. The fourth-order valence-corrected chi connectivity index (χ4v) is 1.36. The molecule has 0 radical (unpaired) electrons. The Hall–Kier alpha value is -0.650. The van der Waals surface area contributed by atoms with Gasteiger partial charge in [0.05, 0.1) is 12.6 Å². The third kappa shape index (κ3) is 5.71. The first-order valence-corrected chi connectivity index (χ1v) is 5.38. The summed E-state index contributed by atoms with van der Waals surface area (Å²) in [5, 5.41) is 2.80. The van der Waals surface area contributed by atoms with E-state index in [1.807, 2.05) is 18.7 Å². The van der Waals surface area contributed by atoms with E-state index in [9.17, 15) is 4.79 Å². The van der Waals surface area contributed by atoms with Crippen LogP contribution in [0.15, 0.2) is 0 Å². The van der Waals surface area contributed by atoms with Gasteiger partial charge in [0.2, 0.25) is 5.91 Å². The van der Waals surface area contributed by atoms with E-state index < -0.39 is 0 Å². The van der Waals surface area contributed by atoms with Crippen molar-refractivity contribution in [3.05, 3.63) is 0 Å². The Bertz CT molecular complexity index is 176. The van der Waals surface area contributed by atoms with E-state index in [0.29, 0.717) is 26.2 Å². The second kappa shape index (κ2) is 8.64. The summed E-state index contributed by atoms with van der Waals surface area (Å²) in [7, 11) is 1.65. The van der Waals surface area contributed by atoms with E-state index in [1.54, 1.807) is 7.11 Å². The average Bonchev–Trinajstić information content (AvgIpc) is 2.23. The Labute approximate surface area is 91.9 Å². The lowest BCUT2D eigenvalue weighted by Crippen LogP contribution is -2.48. The highest BCUT2D eigenvalue weighted by atomic mass is 16.5. The lowest BCUT2D eigenvalue weighted by Gasteiger charge is -2.27. The Morgan fingerprint density at radius 3 is 2.67 bits per heavy atom. The number of rotatable bonds is 8. The topological polar surface area (TPSA) is 67.6 Å². The van der Waals surface area contributed by atoms with E-state index in [0.717, 1.165) is 6.54 Å². The number of carbonyl (C=O) groups excluding carboxylic acids is 1. The normalized spacial score (nSPS) is 12.9. The van der Waals surface area contributed by atoms with Crippen molar-refractivity contribution >= 4 is 5.91 Å². The number of hydrogen-bond acceptors (Lipinski definition) is 4. The fourth-order valence-electron chi connectivity index (χ4n) is 1.36. The number of likely N-dealkylation sites (N-methyl/N-ethyl adjacent to an activating group) is 1. The molecule has 0 saturated carbocycles. The lowest BCUT2D eigenvalue weighted by atomic mass is 10.2. The van der Waals surface area contributed by atoms with Crippen LogP contribution in [-0.2, 0) is 9.53 Å². The summed E-state index contributed by atoms with van der Waals surface area (Å²) in [6.07, 6.45) is 0. The third-order valence-corrected chi connectivity index (χ3v) is 2.28. The number of nitrogens with one attached hydrogen (secondary N) is 1. The average molecular weight is 217 g/mol. The summed E-state index contributed by atoms with van der Waals surface area (Å²) in [6.45, 7) is 7.05. The van der Waals surface area contributed by atoms with Gasteiger partial charge in [0.1, 0.15) is 0 Å². The van der Waals surface area contributed by atoms with Gasteiger partial charge in [-0.1, -0.05) is 0 Å². The van der Waals surface area contributed by atoms with Crippen molar-refractivity contribution in [1.82, 2.24) is 10.2 Å². The molecule has 0 fully saturated rings. The van der Waals surface area contributed by atoms with Crippen LogP contribution in [0.4, 0.5) is 0 Å². The minimum Gasteiger partial charge on any atom is -0.383 e. The molecule has 0 aromatic carbocycles. The maximum absolute atomic E-state index is 11.6. The fraction of sp³-hybridized carbons (Fsp3) is 0.900. The van der Waals surface area contributed by atoms with Crippen LogP contribution in [0, 0.1) is 0 Å². The van der Waals surface area contributed by atoms with Gasteiger partial charge in [-0.25, -0.2) is 0 Å². The van der Waals surface area contributed by atoms with E-state index >= 15 is 0 Å². The van der Waals surface area contributed by atoms with Crippen LogP contribution >= 0.6 is 0 Å². The van der Waals surface area contributed by atoms with E-state index in [2.05, 4.69) is 5.32 Å². The maximum Gasteiger partial charge on any atom is 0.237 e. The molecular weight excluding hydrogens is 194 g/mol. The third-order valence-electron chi connectivity index (χ3n) is 2.28. The van der Waals surface area contributed by atoms with Gasteiger partial charge < -0.3 is 15.8 Å². The molecule has 0 aliphatic carbocycles. The number of amides is 1. The van der Waals surface area contributed by atoms with Crippen molar-refractivity contribution in [1.29, 1.82) is 0 Å². The molecule has 0 rings (SSSR count). The van der Waals surface area contributed by atoms with Gasteiger partial charge in [-0.05, 0) is 13.8 Å². The largest absolute Gasteiger partial charge is 0.383 e. The highest BCUT2D eigenvalue weighted by Crippen LogP contribution is 1.98. The summed E-state index contributed by atoms with van der Waals surface area (Å²) in [5.41, 5.74) is 5.50. The van der Waals surface area contributed by atoms with Gasteiger partial charge in [-0.2, -0.15) is 0 Å². The van der Waals surface area contributed by atoms with Gasteiger partial charge in [-0.3, -0.25) is 9.69 Å². The minimum absolute atomic E-state index is 0.0436. The highest BCUT2D eigenvalue weighted by molar-refractivity contribution is 5.81. The first kappa shape index (κ1) is 14.3. The smallest absolute Gasteiger partial charge is 0.237 e. The van der Waals surface area contributed by atoms with Gasteiger partial charge in [-0.15, -0.1) is 0 Å². The van der Waals surface area contributed by atoms with Crippen LogP contribution in [0.1, 0.15) is 13.8 Å². The Morgan fingerprint density at radius 2 is 2.20 bits per heavy atom. The Morgan fingerprint density at radius 1 is 1.53 bits per heavy atom. The lowest BCUT2D eigenvalue weighted by molar-refractivity contribution is -0.125. The molecule has 0 aromatic rings. The Kier molecular flexibility index (Phi) is 8.27. The first-order valence-electron chi connectivity index (χ1n) is 5.38. The number of hydrogen-bond donors (Lipinski definition) is 2. The highest BCUT2D eigenvalue weighted by Gasteiger charge is 2.19. The maximum atomic E-state index is 11.6. The molecule has 0 saturated heterocycles. The van der Waals surface area contributed by atoms with Crippen molar-refractivity contribution in [2.24, 2.45) is 5.73 Å². The molecule has 0 spiro atoms. The summed E-state index contributed by atoms with van der Waals surface area (Å²) < 4.78 is 4.99. The zero-order valence-corrected chi connectivity index (χ0v) is 9.95. The molecule has 5 heteroatoms. The van der Waals surface area contributed by atoms with Gasteiger partial charge in [0.25, 0.3) is 0 Å². The quantitative estimate of drug-likeness (QED) is 0.571. The predicted molar refractivity (Wildman–Crippen MR) is 60.6 cm³/mol. The van der Waals surface area contributed by atoms with Crippen LogP contribution in [0.5, 0.6) is 0 Å². The molecule has 1 unspecified atom stereocenters. The molecule has 90 valence electrons. The van der Waals surface area contributed by atoms with Crippen LogP contribution in [0.3, 0.4) is 0 Å². The summed E-state index contributed by atoms with van der Waals surface area (Å²) >= 11 is 0. The zero-order valence-electron chi connectivity index (χ0n) is 9.95. The molecule has 0 heterocycles. The Balaban J connectivity index is 4.13. The molecule has 0 aliphatic rings. The molecule has 15 heavy (non-hydrogen) atoms. The monoisotopic (exact) mass is 217 g/mol. The number of nitrogens with zero attached hydrogens (tertiary/aromatic N) is 1. The second-order valence-corrected chi connectivity index (χ2v) is 3.39. The molecule has 1 atom stereocenters. The molecule has 1 amide bonds. The molecule has 3 N–H and O–H groups in total. The van der Waals surface area contributed by atoms with Gasteiger partial charge >= 0.3 is 0 Å². The number of methoxy groups -OCH3 is 1. The standard InChI is InChI=1S/C10H23N3O2/c1-4-12-10(14)9(2)13(6-5-11)7-8-15-3/h9H,4-8,11H2,1-3H3,(H,12,14). The molecule has 0 aliphatic heterocycles. The minimum atomic E-state index is -0.149.